The Hall–Kier alpha value is -2.60. The number of aryl methyl sites for hydroxylation is 3. The maximum Gasteiger partial charge on any atom is 0.257 e. The summed E-state index contributed by atoms with van der Waals surface area (Å²) in [4.78, 5) is 28.4. The van der Waals surface area contributed by atoms with Crippen molar-refractivity contribution in [2.75, 3.05) is 13.1 Å². The number of piperidine rings is 1. The van der Waals surface area contributed by atoms with Gasteiger partial charge in [0.2, 0.25) is 0 Å². The van der Waals surface area contributed by atoms with E-state index in [0.29, 0.717) is 18.7 Å². The number of amides is 1. The minimum absolute atomic E-state index is 0.0340. The highest BCUT2D eigenvalue weighted by Crippen LogP contribution is 2.42. The van der Waals surface area contributed by atoms with Gasteiger partial charge in [-0.05, 0) is 39.2 Å². The molecule has 3 aromatic rings. The van der Waals surface area contributed by atoms with Crippen molar-refractivity contribution >= 4 is 17.2 Å². The maximum atomic E-state index is 13.2. The highest BCUT2D eigenvalue weighted by atomic mass is 32.1. The van der Waals surface area contributed by atoms with E-state index in [1.807, 2.05) is 31.7 Å². The van der Waals surface area contributed by atoms with Gasteiger partial charge in [0.15, 0.2) is 0 Å². The van der Waals surface area contributed by atoms with Gasteiger partial charge in [0.25, 0.3) is 5.91 Å². The molecule has 1 aliphatic heterocycles. The topological polar surface area (TPSA) is 59.0 Å². The zero-order valence-corrected chi connectivity index (χ0v) is 17.3. The summed E-state index contributed by atoms with van der Waals surface area (Å²) < 4.78 is 0. The molecule has 1 aromatic carbocycles. The second-order valence-electron chi connectivity index (χ2n) is 7.41. The van der Waals surface area contributed by atoms with Gasteiger partial charge < -0.3 is 4.90 Å². The number of hydrogen-bond donors (Lipinski definition) is 0. The van der Waals surface area contributed by atoms with Crippen molar-refractivity contribution in [3.63, 3.8) is 0 Å². The van der Waals surface area contributed by atoms with Gasteiger partial charge in [-0.2, -0.15) is 0 Å². The molecule has 0 aliphatic carbocycles. The van der Waals surface area contributed by atoms with E-state index in [0.717, 1.165) is 34.9 Å². The second-order valence-corrected chi connectivity index (χ2v) is 8.47. The highest BCUT2D eigenvalue weighted by molar-refractivity contribution is 7.09. The molecule has 0 unspecified atom stereocenters. The molecular weight excluding hydrogens is 368 g/mol. The summed E-state index contributed by atoms with van der Waals surface area (Å²) >= 11 is 1.69. The Morgan fingerprint density at radius 1 is 1.04 bits per heavy atom. The standard InChI is InChI=1S/C22H24N4OS/c1-15-20(16(2)24-14-23-15)21(27)26-11-9-22(10-12-26,18-7-5-4-6-8-18)19-13-28-17(3)25-19/h4-8,13-14H,9-12H2,1-3H3. The summed E-state index contributed by atoms with van der Waals surface area (Å²) in [5.41, 5.74) is 4.39. The largest absolute Gasteiger partial charge is 0.338 e. The monoisotopic (exact) mass is 392 g/mol. The first-order chi connectivity index (χ1) is 13.5. The minimum atomic E-state index is -0.139. The fraction of sp³-hybridized carbons (Fsp3) is 0.364. The van der Waals surface area contributed by atoms with Crippen LogP contribution in [0.2, 0.25) is 0 Å². The number of benzene rings is 1. The summed E-state index contributed by atoms with van der Waals surface area (Å²) in [7, 11) is 0. The van der Waals surface area contributed by atoms with Crippen molar-refractivity contribution in [3.05, 3.63) is 75.3 Å². The van der Waals surface area contributed by atoms with Crippen LogP contribution in [0.3, 0.4) is 0 Å². The Morgan fingerprint density at radius 3 is 2.25 bits per heavy atom. The lowest BCUT2D eigenvalue weighted by molar-refractivity contribution is 0.0681. The lowest BCUT2D eigenvalue weighted by Crippen LogP contribution is -2.46. The summed E-state index contributed by atoms with van der Waals surface area (Å²) in [5, 5.41) is 3.26. The van der Waals surface area contributed by atoms with Gasteiger partial charge in [0, 0.05) is 23.9 Å². The van der Waals surface area contributed by atoms with Gasteiger partial charge in [0.05, 0.1) is 27.7 Å². The highest BCUT2D eigenvalue weighted by Gasteiger charge is 2.41. The average molecular weight is 393 g/mol. The van der Waals surface area contributed by atoms with Gasteiger partial charge in [-0.25, -0.2) is 15.0 Å². The molecule has 0 bridgehead atoms. The number of rotatable bonds is 3. The Morgan fingerprint density at radius 2 is 1.68 bits per heavy atom. The molecule has 0 spiro atoms. The lowest BCUT2D eigenvalue weighted by atomic mass is 9.70. The molecule has 5 nitrogen and oxygen atoms in total. The van der Waals surface area contributed by atoms with Crippen molar-refractivity contribution in [2.24, 2.45) is 0 Å². The molecule has 144 valence electrons. The van der Waals surface area contributed by atoms with Crippen molar-refractivity contribution in [1.82, 2.24) is 19.9 Å². The predicted octanol–water partition coefficient (Wildman–Crippen LogP) is 4.08. The number of carbonyl (C=O) groups excluding carboxylic acids is 1. The van der Waals surface area contributed by atoms with E-state index >= 15 is 0 Å². The summed E-state index contributed by atoms with van der Waals surface area (Å²) in [6, 6.07) is 10.6. The van der Waals surface area contributed by atoms with Crippen LogP contribution in [-0.2, 0) is 5.41 Å². The molecule has 1 aliphatic rings. The Kier molecular flexibility index (Phi) is 4.98. The summed E-state index contributed by atoms with van der Waals surface area (Å²) in [6.45, 7) is 7.18. The molecule has 2 aromatic heterocycles. The SMILES string of the molecule is Cc1nc(C2(c3ccccc3)CCN(C(=O)c3c(C)ncnc3C)CC2)cs1. The van der Waals surface area contributed by atoms with Gasteiger partial charge in [-0.3, -0.25) is 4.79 Å². The van der Waals surface area contributed by atoms with E-state index in [2.05, 4.69) is 39.6 Å². The van der Waals surface area contributed by atoms with Crippen LogP contribution in [-0.4, -0.2) is 38.8 Å². The molecule has 4 rings (SSSR count). The average Bonchev–Trinajstić information content (AvgIpc) is 3.15. The third-order valence-electron chi connectivity index (χ3n) is 5.78. The van der Waals surface area contributed by atoms with Crippen LogP contribution in [0, 0.1) is 20.8 Å². The number of thiazole rings is 1. The molecule has 0 radical (unpaired) electrons. The molecular formula is C22H24N4OS. The molecule has 1 fully saturated rings. The maximum absolute atomic E-state index is 13.2. The smallest absolute Gasteiger partial charge is 0.257 e. The number of aromatic nitrogens is 3. The van der Waals surface area contributed by atoms with Gasteiger partial charge in [0.1, 0.15) is 6.33 Å². The molecule has 1 amide bonds. The summed E-state index contributed by atoms with van der Waals surface area (Å²) in [6.07, 6.45) is 3.23. The van der Waals surface area contributed by atoms with Gasteiger partial charge in [-0.15, -0.1) is 11.3 Å². The fourth-order valence-electron chi connectivity index (χ4n) is 4.19. The first-order valence-corrected chi connectivity index (χ1v) is 10.4. The first-order valence-electron chi connectivity index (χ1n) is 9.57. The van der Waals surface area contributed by atoms with Crippen LogP contribution in [0.5, 0.6) is 0 Å². The van der Waals surface area contributed by atoms with Crippen LogP contribution in [0.15, 0.2) is 42.0 Å². The summed E-state index contributed by atoms with van der Waals surface area (Å²) in [5.74, 6) is 0.0340. The van der Waals surface area contributed by atoms with Crippen molar-refractivity contribution < 1.29 is 4.79 Å². The van der Waals surface area contributed by atoms with E-state index in [1.165, 1.54) is 11.9 Å². The fourth-order valence-corrected chi connectivity index (χ4v) is 4.90. The Balaban J connectivity index is 1.64. The lowest BCUT2D eigenvalue weighted by Gasteiger charge is -2.41. The van der Waals surface area contributed by atoms with Gasteiger partial charge >= 0.3 is 0 Å². The Bertz CT molecular complexity index is 971. The first kappa shape index (κ1) is 18.7. The van der Waals surface area contributed by atoms with Crippen LogP contribution >= 0.6 is 11.3 Å². The van der Waals surface area contributed by atoms with E-state index in [1.54, 1.807) is 11.3 Å². The van der Waals surface area contributed by atoms with E-state index in [9.17, 15) is 4.79 Å². The van der Waals surface area contributed by atoms with E-state index in [4.69, 9.17) is 4.98 Å². The van der Waals surface area contributed by atoms with E-state index < -0.39 is 0 Å². The van der Waals surface area contributed by atoms with Gasteiger partial charge in [-0.1, -0.05) is 30.3 Å². The molecule has 6 heteroatoms. The van der Waals surface area contributed by atoms with Crippen molar-refractivity contribution in [1.29, 1.82) is 0 Å². The quantitative estimate of drug-likeness (QED) is 0.674. The second kappa shape index (κ2) is 7.43. The van der Waals surface area contributed by atoms with Crippen LogP contribution < -0.4 is 0 Å². The number of hydrogen-bond acceptors (Lipinski definition) is 5. The third kappa shape index (κ3) is 3.22. The normalized spacial score (nSPS) is 16.2. The molecule has 1 saturated heterocycles. The number of carbonyl (C=O) groups is 1. The molecule has 0 saturated carbocycles. The third-order valence-corrected chi connectivity index (χ3v) is 6.55. The zero-order chi connectivity index (χ0) is 19.7. The molecule has 28 heavy (non-hydrogen) atoms. The van der Waals surface area contributed by atoms with Crippen molar-refractivity contribution in [3.8, 4) is 0 Å². The minimum Gasteiger partial charge on any atom is -0.338 e. The molecule has 0 atom stereocenters. The van der Waals surface area contributed by atoms with E-state index in [-0.39, 0.29) is 11.3 Å². The van der Waals surface area contributed by atoms with Crippen LogP contribution in [0.4, 0.5) is 0 Å². The molecule has 3 heterocycles. The Labute approximate surface area is 169 Å². The number of likely N-dealkylation sites (tertiary alicyclic amines) is 1. The van der Waals surface area contributed by atoms with Crippen LogP contribution in [0.25, 0.3) is 0 Å². The predicted molar refractivity (Wildman–Crippen MR) is 111 cm³/mol. The number of nitrogens with zero attached hydrogens (tertiary/aromatic N) is 4. The van der Waals surface area contributed by atoms with Crippen LogP contribution in [0.1, 0.15) is 50.9 Å². The zero-order valence-electron chi connectivity index (χ0n) is 16.5. The van der Waals surface area contributed by atoms with Crippen molar-refractivity contribution in [2.45, 2.75) is 39.0 Å². The molecule has 0 N–H and O–H groups in total.